The maximum atomic E-state index is 12.1. The van der Waals surface area contributed by atoms with Crippen LogP contribution in [0.4, 0.5) is 5.69 Å². The molecule has 0 aromatic heterocycles. The van der Waals surface area contributed by atoms with E-state index in [0.29, 0.717) is 17.2 Å². The summed E-state index contributed by atoms with van der Waals surface area (Å²) < 4.78 is 10.5. The number of aliphatic hydroxyl groups excluding tert-OH is 1. The molecule has 1 aromatic rings. The molecule has 1 amide bonds. The lowest BCUT2D eigenvalue weighted by Gasteiger charge is -2.16. The molecular formula is C14H19NO4. The number of aliphatic hydroxyl groups is 1. The minimum Gasteiger partial charge on any atom is -0.496 e. The fourth-order valence-corrected chi connectivity index (χ4v) is 2.01. The van der Waals surface area contributed by atoms with Crippen molar-refractivity contribution in [3.8, 4) is 11.5 Å². The predicted octanol–water partition coefficient (Wildman–Crippen LogP) is 1.72. The van der Waals surface area contributed by atoms with Crippen molar-refractivity contribution in [1.29, 1.82) is 0 Å². The Morgan fingerprint density at radius 2 is 1.95 bits per heavy atom. The van der Waals surface area contributed by atoms with Crippen LogP contribution in [0.5, 0.6) is 11.5 Å². The summed E-state index contributed by atoms with van der Waals surface area (Å²) in [6.07, 6.45) is 1.45. The average Bonchev–Trinajstić information content (AvgIpc) is 3.21. The number of rotatable bonds is 5. The van der Waals surface area contributed by atoms with Crippen LogP contribution in [-0.2, 0) is 4.79 Å². The third-order valence-electron chi connectivity index (χ3n) is 3.60. The molecule has 104 valence electrons. The van der Waals surface area contributed by atoms with Crippen molar-refractivity contribution in [2.75, 3.05) is 26.1 Å². The summed E-state index contributed by atoms with van der Waals surface area (Å²) in [6, 6.07) is 3.55. The van der Waals surface area contributed by atoms with E-state index in [9.17, 15) is 9.90 Å². The highest BCUT2D eigenvalue weighted by molar-refractivity contribution is 5.98. The molecule has 0 spiro atoms. The number of aryl methyl sites for hydroxylation is 1. The number of anilines is 1. The van der Waals surface area contributed by atoms with Crippen LogP contribution in [0.15, 0.2) is 12.1 Å². The van der Waals surface area contributed by atoms with Crippen LogP contribution >= 0.6 is 0 Å². The van der Waals surface area contributed by atoms with E-state index in [2.05, 4.69) is 5.32 Å². The van der Waals surface area contributed by atoms with Gasteiger partial charge in [0.1, 0.15) is 11.5 Å². The van der Waals surface area contributed by atoms with E-state index < -0.39 is 5.41 Å². The minimum atomic E-state index is -0.608. The quantitative estimate of drug-likeness (QED) is 0.850. The lowest BCUT2D eigenvalue weighted by atomic mass is 10.1. The summed E-state index contributed by atoms with van der Waals surface area (Å²) >= 11 is 0. The third kappa shape index (κ3) is 2.51. The Kier molecular flexibility index (Phi) is 3.66. The highest BCUT2D eigenvalue weighted by atomic mass is 16.5. The normalized spacial score (nSPS) is 15.8. The van der Waals surface area contributed by atoms with Gasteiger partial charge >= 0.3 is 0 Å². The third-order valence-corrected chi connectivity index (χ3v) is 3.60. The maximum Gasteiger partial charge on any atom is 0.233 e. The molecule has 0 heterocycles. The minimum absolute atomic E-state index is 0.121. The molecule has 5 heteroatoms. The Morgan fingerprint density at radius 1 is 1.32 bits per heavy atom. The van der Waals surface area contributed by atoms with E-state index in [-0.39, 0.29) is 12.5 Å². The highest BCUT2D eigenvalue weighted by Gasteiger charge is 2.49. The summed E-state index contributed by atoms with van der Waals surface area (Å²) in [5, 5.41) is 12.1. The molecule has 2 N–H and O–H groups in total. The zero-order chi connectivity index (χ0) is 14.0. The van der Waals surface area contributed by atoms with Gasteiger partial charge in [-0.15, -0.1) is 0 Å². The van der Waals surface area contributed by atoms with Crippen molar-refractivity contribution < 1.29 is 19.4 Å². The van der Waals surface area contributed by atoms with E-state index in [4.69, 9.17) is 9.47 Å². The van der Waals surface area contributed by atoms with Crippen LogP contribution in [0.2, 0.25) is 0 Å². The number of benzene rings is 1. The van der Waals surface area contributed by atoms with Crippen molar-refractivity contribution in [3.05, 3.63) is 17.7 Å². The number of hydrogen-bond donors (Lipinski definition) is 2. The van der Waals surface area contributed by atoms with E-state index in [1.807, 2.05) is 13.0 Å². The topological polar surface area (TPSA) is 67.8 Å². The highest BCUT2D eigenvalue weighted by Crippen LogP contribution is 2.46. The standard InChI is InChI=1S/C14H19NO4/c1-9-6-12(19-3)10(7-11(9)18-2)15-13(17)14(8-16)4-5-14/h6-7,16H,4-5,8H2,1-3H3,(H,15,17). The van der Waals surface area contributed by atoms with E-state index >= 15 is 0 Å². The number of amides is 1. The van der Waals surface area contributed by atoms with Gasteiger partial charge in [0.2, 0.25) is 5.91 Å². The van der Waals surface area contributed by atoms with Gasteiger partial charge in [-0.3, -0.25) is 4.79 Å². The molecular weight excluding hydrogens is 246 g/mol. The van der Waals surface area contributed by atoms with Crippen LogP contribution in [0.1, 0.15) is 18.4 Å². The van der Waals surface area contributed by atoms with E-state index in [0.717, 1.165) is 18.4 Å². The Morgan fingerprint density at radius 3 is 2.42 bits per heavy atom. The van der Waals surface area contributed by atoms with Gasteiger partial charge in [-0.25, -0.2) is 0 Å². The lowest BCUT2D eigenvalue weighted by molar-refractivity contribution is -0.122. The maximum absolute atomic E-state index is 12.1. The molecule has 0 saturated heterocycles. The van der Waals surface area contributed by atoms with Crippen molar-refractivity contribution in [1.82, 2.24) is 0 Å². The molecule has 0 atom stereocenters. The number of carbonyl (C=O) groups excluding carboxylic acids is 1. The molecule has 2 rings (SSSR count). The second kappa shape index (κ2) is 5.09. The molecule has 1 aliphatic rings. The van der Waals surface area contributed by atoms with Gasteiger partial charge in [-0.2, -0.15) is 0 Å². The first kappa shape index (κ1) is 13.7. The van der Waals surface area contributed by atoms with Gasteiger partial charge in [0.15, 0.2) is 0 Å². The van der Waals surface area contributed by atoms with Gasteiger partial charge in [-0.05, 0) is 31.4 Å². The van der Waals surface area contributed by atoms with Crippen LogP contribution in [0.25, 0.3) is 0 Å². The molecule has 1 aromatic carbocycles. The second-order valence-electron chi connectivity index (χ2n) is 4.91. The smallest absolute Gasteiger partial charge is 0.233 e. The summed E-state index contributed by atoms with van der Waals surface area (Å²) in [5.74, 6) is 1.10. The van der Waals surface area contributed by atoms with Crippen LogP contribution in [0.3, 0.4) is 0 Å². The fourth-order valence-electron chi connectivity index (χ4n) is 2.01. The zero-order valence-electron chi connectivity index (χ0n) is 11.4. The van der Waals surface area contributed by atoms with E-state index in [1.165, 1.54) is 0 Å². The Hall–Kier alpha value is -1.75. The predicted molar refractivity (Wildman–Crippen MR) is 71.7 cm³/mol. The first-order valence-corrected chi connectivity index (χ1v) is 6.21. The largest absolute Gasteiger partial charge is 0.496 e. The average molecular weight is 265 g/mol. The molecule has 1 saturated carbocycles. The van der Waals surface area contributed by atoms with Crippen molar-refractivity contribution in [2.24, 2.45) is 5.41 Å². The first-order valence-electron chi connectivity index (χ1n) is 6.21. The van der Waals surface area contributed by atoms with E-state index in [1.54, 1.807) is 20.3 Å². The molecule has 0 aliphatic heterocycles. The summed E-state index contributed by atoms with van der Waals surface area (Å²) in [5.41, 5.74) is 0.888. The Bertz CT molecular complexity index is 494. The first-order chi connectivity index (χ1) is 9.06. The second-order valence-corrected chi connectivity index (χ2v) is 4.91. The molecule has 1 aliphatic carbocycles. The molecule has 0 radical (unpaired) electrons. The Labute approximate surface area is 112 Å². The Balaban J connectivity index is 2.26. The van der Waals surface area contributed by atoms with Gasteiger partial charge in [0.25, 0.3) is 0 Å². The number of methoxy groups -OCH3 is 2. The number of ether oxygens (including phenoxy) is 2. The summed E-state index contributed by atoms with van der Waals surface area (Å²) in [4.78, 5) is 12.1. The summed E-state index contributed by atoms with van der Waals surface area (Å²) in [7, 11) is 3.13. The van der Waals surface area contributed by atoms with Gasteiger partial charge in [0.05, 0.1) is 31.9 Å². The molecule has 0 bridgehead atoms. The van der Waals surface area contributed by atoms with Crippen molar-refractivity contribution >= 4 is 11.6 Å². The van der Waals surface area contributed by atoms with Gasteiger partial charge < -0.3 is 19.9 Å². The SMILES string of the molecule is COc1cc(NC(=O)C2(CO)CC2)c(OC)cc1C. The van der Waals surface area contributed by atoms with Crippen LogP contribution in [0, 0.1) is 12.3 Å². The number of hydrogen-bond acceptors (Lipinski definition) is 4. The number of nitrogens with one attached hydrogen (secondary N) is 1. The monoisotopic (exact) mass is 265 g/mol. The van der Waals surface area contributed by atoms with Crippen LogP contribution < -0.4 is 14.8 Å². The van der Waals surface area contributed by atoms with Gasteiger partial charge in [-0.1, -0.05) is 0 Å². The van der Waals surface area contributed by atoms with Crippen LogP contribution in [-0.4, -0.2) is 31.8 Å². The molecule has 5 nitrogen and oxygen atoms in total. The zero-order valence-corrected chi connectivity index (χ0v) is 11.4. The molecule has 0 unspecified atom stereocenters. The number of carbonyl (C=O) groups is 1. The van der Waals surface area contributed by atoms with Gasteiger partial charge in [0, 0.05) is 6.07 Å². The van der Waals surface area contributed by atoms with Crippen molar-refractivity contribution in [3.63, 3.8) is 0 Å². The molecule has 19 heavy (non-hydrogen) atoms. The van der Waals surface area contributed by atoms with Crippen molar-refractivity contribution in [2.45, 2.75) is 19.8 Å². The summed E-state index contributed by atoms with van der Waals surface area (Å²) in [6.45, 7) is 1.78. The lowest BCUT2D eigenvalue weighted by Crippen LogP contribution is -2.27. The molecule has 1 fully saturated rings. The fraction of sp³-hybridized carbons (Fsp3) is 0.500.